The average molecular weight is 522 g/mol. The highest BCUT2D eigenvalue weighted by atomic mass is 16.6. The molecule has 0 bridgehead atoms. The van der Waals surface area contributed by atoms with Crippen molar-refractivity contribution in [2.24, 2.45) is 10.9 Å². The zero-order chi connectivity index (χ0) is 27.2. The smallest absolute Gasteiger partial charge is 0.336 e. The van der Waals surface area contributed by atoms with Crippen molar-refractivity contribution in [1.29, 1.82) is 0 Å². The van der Waals surface area contributed by atoms with E-state index >= 15 is 0 Å². The highest BCUT2D eigenvalue weighted by molar-refractivity contribution is 6.12. The van der Waals surface area contributed by atoms with Gasteiger partial charge in [-0.05, 0) is 61.6 Å². The number of ether oxygens (including phenoxy) is 5. The lowest BCUT2D eigenvalue weighted by Gasteiger charge is -2.38. The molecule has 0 saturated heterocycles. The number of hydrogen-bond acceptors (Lipinski definition) is 8. The van der Waals surface area contributed by atoms with Crippen LogP contribution in [-0.4, -0.2) is 58.6 Å². The van der Waals surface area contributed by atoms with Crippen molar-refractivity contribution in [1.82, 2.24) is 0 Å². The Morgan fingerprint density at radius 3 is 2.29 bits per heavy atom. The third-order valence-electron chi connectivity index (χ3n) is 7.12. The number of hydrogen-bond donors (Lipinski definition) is 0. The van der Waals surface area contributed by atoms with Crippen LogP contribution in [0.2, 0.25) is 0 Å². The maximum absolute atomic E-state index is 13.8. The van der Waals surface area contributed by atoms with Crippen LogP contribution in [0.4, 0.5) is 0 Å². The molecule has 1 saturated carbocycles. The fraction of sp³-hybridized carbons (Fsp3) is 0.433. The first-order chi connectivity index (χ1) is 18.4. The van der Waals surface area contributed by atoms with Gasteiger partial charge in [0.25, 0.3) is 0 Å². The van der Waals surface area contributed by atoms with E-state index in [2.05, 4.69) is 0 Å². The molecule has 1 heterocycles. The van der Waals surface area contributed by atoms with Crippen molar-refractivity contribution in [3.8, 4) is 17.2 Å². The van der Waals surface area contributed by atoms with Gasteiger partial charge in [0.2, 0.25) is 0 Å². The summed E-state index contributed by atoms with van der Waals surface area (Å²) >= 11 is 0. The first kappa shape index (κ1) is 27.4. The zero-order valence-electron chi connectivity index (χ0n) is 22.6. The Morgan fingerprint density at radius 1 is 0.921 bits per heavy atom. The highest BCUT2D eigenvalue weighted by Crippen LogP contribution is 2.47. The van der Waals surface area contributed by atoms with E-state index in [4.69, 9.17) is 28.7 Å². The van der Waals surface area contributed by atoms with Crippen LogP contribution in [-0.2, 0) is 19.1 Å². The number of carbonyl (C=O) groups excluding carboxylic acids is 2. The van der Waals surface area contributed by atoms with E-state index in [1.165, 1.54) is 0 Å². The lowest BCUT2D eigenvalue weighted by Crippen LogP contribution is -2.41. The number of fused-ring (bicyclic) bond motifs is 1. The Hall–Kier alpha value is -3.65. The van der Waals surface area contributed by atoms with Gasteiger partial charge in [0.1, 0.15) is 18.1 Å². The summed E-state index contributed by atoms with van der Waals surface area (Å²) in [5, 5.41) is 0. The normalized spacial score (nSPS) is 20.9. The Morgan fingerprint density at radius 2 is 1.63 bits per heavy atom. The summed E-state index contributed by atoms with van der Waals surface area (Å²) in [6.07, 6.45) is 0.931. The first-order valence-corrected chi connectivity index (χ1v) is 12.8. The molecule has 1 fully saturated rings. The van der Waals surface area contributed by atoms with Crippen LogP contribution in [0, 0.1) is 5.92 Å². The first-order valence-electron chi connectivity index (χ1n) is 12.8. The zero-order valence-corrected chi connectivity index (χ0v) is 22.6. The number of esters is 1. The van der Waals surface area contributed by atoms with Gasteiger partial charge < -0.3 is 23.7 Å². The largest absolute Gasteiger partial charge is 0.494 e. The van der Waals surface area contributed by atoms with Crippen LogP contribution in [0.15, 0.2) is 58.7 Å². The lowest BCUT2D eigenvalue weighted by molar-refractivity contribution is -0.140. The molecule has 2 aromatic carbocycles. The minimum Gasteiger partial charge on any atom is -0.494 e. The second kappa shape index (κ2) is 12.3. The molecule has 2 aromatic rings. The Balaban J connectivity index is 1.72. The minimum absolute atomic E-state index is 0.0448. The molecule has 0 aromatic heterocycles. The van der Waals surface area contributed by atoms with Crippen LogP contribution in [0.5, 0.6) is 17.2 Å². The molecule has 1 aliphatic heterocycles. The number of Topliss-reactive ketones (excluding diaryl/α,β-unsaturated/α-hetero) is 1. The van der Waals surface area contributed by atoms with Gasteiger partial charge in [-0.25, -0.2) is 4.79 Å². The standard InChI is InChI=1S/C30H35NO7/c1-6-37-22-10-7-19(8-11-22)28-27(30(33)38-14-13-34-3)18(2)31-23-15-21(16-24(32)29(23)28)20-9-12-25(35-4)26(17-20)36-5/h7-12,17,21,28-29H,6,13-16H2,1-5H3/t21-,28+,29?/m1/s1. The van der Waals surface area contributed by atoms with Gasteiger partial charge in [0.05, 0.1) is 38.9 Å². The minimum atomic E-state index is -0.544. The van der Waals surface area contributed by atoms with Crippen LogP contribution < -0.4 is 14.2 Å². The van der Waals surface area contributed by atoms with Gasteiger partial charge in [-0.2, -0.15) is 0 Å². The fourth-order valence-electron chi connectivity index (χ4n) is 5.38. The van der Waals surface area contributed by atoms with Crippen molar-refractivity contribution in [2.75, 3.05) is 41.2 Å². The van der Waals surface area contributed by atoms with Crippen molar-refractivity contribution in [3.05, 3.63) is 64.9 Å². The SMILES string of the molecule is CCOc1ccc([C@H]2C(C(=O)OCCOC)=C(C)N=C3C[C@@H](c4ccc(OC)c(OC)c4)CC(=O)C32)cc1. The van der Waals surface area contributed by atoms with E-state index < -0.39 is 17.8 Å². The number of aliphatic imine (C=N–C) groups is 1. The summed E-state index contributed by atoms with van der Waals surface area (Å²) in [6, 6.07) is 13.3. The molecule has 202 valence electrons. The maximum Gasteiger partial charge on any atom is 0.336 e. The topological polar surface area (TPSA) is 92.7 Å². The summed E-state index contributed by atoms with van der Waals surface area (Å²) in [6.45, 7) is 4.69. The monoisotopic (exact) mass is 521 g/mol. The summed E-state index contributed by atoms with van der Waals surface area (Å²) in [4.78, 5) is 31.9. The summed E-state index contributed by atoms with van der Waals surface area (Å²) in [5.41, 5.74) is 3.60. The van der Waals surface area contributed by atoms with Crippen LogP contribution in [0.25, 0.3) is 0 Å². The molecule has 8 heteroatoms. The van der Waals surface area contributed by atoms with E-state index in [1.807, 2.05) is 56.3 Å². The Bertz CT molecular complexity index is 1230. The van der Waals surface area contributed by atoms with Crippen LogP contribution in [0.3, 0.4) is 0 Å². The van der Waals surface area contributed by atoms with Gasteiger partial charge in [-0.1, -0.05) is 18.2 Å². The third kappa shape index (κ3) is 5.60. The van der Waals surface area contributed by atoms with Crippen LogP contribution in [0.1, 0.15) is 49.7 Å². The molecule has 0 amide bonds. The van der Waals surface area contributed by atoms with E-state index in [1.54, 1.807) is 21.3 Å². The summed E-state index contributed by atoms with van der Waals surface area (Å²) in [7, 11) is 4.74. The average Bonchev–Trinajstić information content (AvgIpc) is 2.92. The molecule has 0 radical (unpaired) electrons. The van der Waals surface area contributed by atoms with Crippen molar-refractivity contribution >= 4 is 17.5 Å². The van der Waals surface area contributed by atoms with Crippen molar-refractivity contribution in [2.45, 2.75) is 38.5 Å². The number of ketones is 1. The number of carbonyl (C=O) groups is 2. The molecule has 0 N–H and O–H groups in total. The third-order valence-corrected chi connectivity index (χ3v) is 7.12. The van der Waals surface area contributed by atoms with Gasteiger partial charge in [-0.15, -0.1) is 0 Å². The summed E-state index contributed by atoms with van der Waals surface area (Å²) < 4.78 is 27.0. The number of allylic oxidation sites excluding steroid dienone is 1. The predicted molar refractivity (Wildman–Crippen MR) is 143 cm³/mol. The van der Waals surface area contributed by atoms with E-state index in [0.717, 1.165) is 22.6 Å². The quantitative estimate of drug-likeness (QED) is 0.325. The highest BCUT2D eigenvalue weighted by Gasteiger charge is 2.46. The van der Waals surface area contributed by atoms with Crippen molar-refractivity contribution in [3.63, 3.8) is 0 Å². The van der Waals surface area contributed by atoms with Crippen molar-refractivity contribution < 1.29 is 33.3 Å². The second-order valence-electron chi connectivity index (χ2n) is 9.37. The van der Waals surface area contributed by atoms with E-state index in [-0.39, 0.29) is 24.9 Å². The molecule has 1 unspecified atom stereocenters. The van der Waals surface area contributed by atoms with Gasteiger partial charge in [-0.3, -0.25) is 9.79 Å². The lowest BCUT2D eigenvalue weighted by atomic mass is 9.66. The second-order valence-corrected chi connectivity index (χ2v) is 9.37. The number of rotatable bonds is 10. The predicted octanol–water partition coefficient (Wildman–Crippen LogP) is 4.87. The fourth-order valence-corrected chi connectivity index (χ4v) is 5.38. The number of benzene rings is 2. The number of methoxy groups -OCH3 is 3. The molecule has 3 atom stereocenters. The molecule has 2 aliphatic rings. The van der Waals surface area contributed by atoms with Crippen LogP contribution >= 0.6 is 0 Å². The maximum atomic E-state index is 13.8. The molecule has 38 heavy (non-hydrogen) atoms. The number of nitrogens with zero attached hydrogens (tertiary/aromatic N) is 1. The molecule has 0 spiro atoms. The molecular weight excluding hydrogens is 486 g/mol. The van der Waals surface area contributed by atoms with E-state index in [0.29, 0.717) is 42.2 Å². The molecule has 8 nitrogen and oxygen atoms in total. The molecular formula is C30H35NO7. The van der Waals surface area contributed by atoms with Gasteiger partial charge in [0, 0.05) is 30.9 Å². The molecule has 4 rings (SSSR count). The van der Waals surface area contributed by atoms with Gasteiger partial charge in [0.15, 0.2) is 11.5 Å². The summed E-state index contributed by atoms with van der Waals surface area (Å²) in [5.74, 6) is 0.465. The molecule has 1 aliphatic carbocycles. The Kier molecular flexibility index (Phi) is 8.84. The Labute approximate surface area is 223 Å². The van der Waals surface area contributed by atoms with Gasteiger partial charge >= 0.3 is 5.97 Å². The van der Waals surface area contributed by atoms with E-state index in [9.17, 15) is 9.59 Å².